The zero-order valence-corrected chi connectivity index (χ0v) is 11.9. The maximum absolute atomic E-state index is 13.6. The average Bonchev–Trinajstić information content (AvgIpc) is 2.21. The van der Waals surface area contributed by atoms with Gasteiger partial charge in [-0.2, -0.15) is 0 Å². The first kappa shape index (κ1) is 14.6. The minimum absolute atomic E-state index is 0.0201. The second-order valence-electron chi connectivity index (χ2n) is 5.18. The van der Waals surface area contributed by atoms with Gasteiger partial charge in [-0.3, -0.25) is 0 Å². The molecule has 0 fully saturated rings. The lowest BCUT2D eigenvalue weighted by atomic mass is 9.93. The number of rotatable bonds is 4. The summed E-state index contributed by atoms with van der Waals surface area (Å²) in [7, 11) is 0. The zero-order valence-electron chi connectivity index (χ0n) is 10.3. The maximum atomic E-state index is 13.6. The van der Waals surface area contributed by atoms with Crippen molar-refractivity contribution < 1.29 is 13.5 Å². The molecule has 0 spiro atoms. The molecule has 0 aliphatic rings. The van der Waals surface area contributed by atoms with Crippen molar-refractivity contribution >= 4 is 15.9 Å². The summed E-state index contributed by atoms with van der Waals surface area (Å²) in [5.74, 6) is -1.15. The van der Waals surface area contributed by atoms with E-state index in [2.05, 4.69) is 36.7 Å². The quantitative estimate of drug-likeness (QED) is 0.580. The lowest BCUT2D eigenvalue weighted by Crippen LogP contribution is -2.10. The molecule has 0 unspecified atom stereocenters. The zero-order chi connectivity index (χ0) is 13.1. The Balaban J connectivity index is 2.55. The van der Waals surface area contributed by atoms with Gasteiger partial charge in [0, 0.05) is 6.61 Å². The van der Waals surface area contributed by atoms with Crippen LogP contribution < -0.4 is 0 Å². The third-order valence-electron chi connectivity index (χ3n) is 2.38. The summed E-state index contributed by atoms with van der Waals surface area (Å²) in [6, 6.07) is 2.58. The Labute approximate surface area is 109 Å². The molecule has 1 rings (SSSR count). The Morgan fingerprint density at radius 1 is 1.24 bits per heavy atom. The van der Waals surface area contributed by atoms with Crippen molar-refractivity contribution in [2.45, 2.75) is 33.8 Å². The highest BCUT2D eigenvalue weighted by Gasteiger charge is 2.13. The van der Waals surface area contributed by atoms with Gasteiger partial charge in [0.1, 0.15) is 11.6 Å². The van der Waals surface area contributed by atoms with Gasteiger partial charge >= 0.3 is 0 Å². The molecular weight excluding hydrogens is 290 g/mol. The number of hydrogen-bond donors (Lipinski definition) is 0. The molecule has 1 nitrogen and oxygen atoms in total. The van der Waals surface area contributed by atoms with Crippen LogP contribution in [-0.4, -0.2) is 6.61 Å². The lowest BCUT2D eigenvalue weighted by Gasteiger charge is -2.17. The monoisotopic (exact) mass is 306 g/mol. The summed E-state index contributed by atoms with van der Waals surface area (Å²) >= 11 is 3.02. The van der Waals surface area contributed by atoms with Crippen molar-refractivity contribution in [2.24, 2.45) is 5.41 Å². The van der Waals surface area contributed by atoms with Crippen LogP contribution in [0, 0.1) is 17.0 Å². The minimum atomic E-state index is -0.583. The summed E-state index contributed by atoms with van der Waals surface area (Å²) in [6.45, 7) is 6.74. The van der Waals surface area contributed by atoms with Crippen molar-refractivity contribution in [2.75, 3.05) is 6.61 Å². The first-order valence-corrected chi connectivity index (χ1v) is 6.31. The average molecular weight is 307 g/mol. The van der Waals surface area contributed by atoms with Crippen molar-refractivity contribution in [3.8, 4) is 0 Å². The van der Waals surface area contributed by atoms with Crippen LogP contribution in [0.3, 0.4) is 0 Å². The second kappa shape index (κ2) is 5.91. The third kappa shape index (κ3) is 4.72. The van der Waals surface area contributed by atoms with Crippen LogP contribution in [0.2, 0.25) is 0 Å². The molecule has 4 heteroatoms. The molecule has 1 aromatic carbocycles. The Kier molecular flexibility index (Phi) is 5.07. The van der Waals surface area contributed by atoms with Crippen LogP contribution in [0.5, 0.6) is 0 Å². The highest BCUT2D eigenvalue weighted by atomic mass is 79.9. The maximum Gasteiger partial charge on any atom is 0.145 e. The molecule has 0 bridgehead atoms. The summed E-state index contributed by atoms with van der Waals surface area (Å²) < 4.78 is 32.5. The molecule has 0 saturated carbocycles. The van der Waals surface area contributed by atoms with E-state index in [0.717, 1.165) is 6.42 Å². The molecule has 0 N–H and O–H groups in total. The van der Waals surface area contributed by atoms with Crippen LogP contribution in [0.15, 0.2) is 16.6 Å². The van der Waals surface area contributed by atoms with E-state index in [0.29, 0.717) is 6.61 Å². The molecule has 0 heterocycles. The first-order chi connectivity index (χ1) is 7.81. The molecule has 17 heavy (non-hydrogen) atoms. The number of halogens is 3. The van der Waals surface area contributed by atoms with E-state index in [4.69, 9.17) is 4.74 Å². The van der Waals surface area contributed by atoms with Crippen molar-refractivity contribution in [3.05, 3.63) is 33.8 Å². The van der Waals surface area contributed by atoms with Crippen molar-refractivity contribution in [3.63, 3.8) is 0 Å². The van der Waals surface area contributed by atoms with Gasteiger partial charge in [0.2, 0.25) is 0 Å². The fourth-order valence-corrected chi connectivity index (χ4v) is 1.63. The Bertz CT molecular complexity index is 386. The van der Waals surface area contributed by atoms with Gasteiger partial charge in [0.25, 0.3) is 0 Å². The summed E-state index contributed by atoms with van der Waals surface area (Å²) in [5, 5.41) is 0. The fraction of sp³-hybridized carbons (Fsp3) is 0.538. The molecule has 0 saturated heterocycles. The van der Waals surface area contributed by atoms with E-state index in [1.807, 2.05) is 0 Å². The highest BCUT2D eigenvalue weighted by Crippen LogP contribution is 2.23. The lowest BCUT2D eigenvalue weighted by molar-refractivity contribution is 0.0922. The van der Waals surface area contributed by atoms with Gasteiger partial charge in [0.15, 0.2) is 0 Å². The van der Waals surface area contributed by atoms with E-state index in [1.54, 1.807) is 0 Å². The molecule has 0 aliphatic heterocycles. The number of ether oxygens (including phenoxy) is 1. The third-order valence-corrected chi connectivity index (χ3v) is 2.99. The minimum Gasteiger partial charge on any atom is -0.377 e. The summed E-state index contributed by atoms with van der Waals surface area (Å²) in [4.78, 5) is 0. The van der Waals surface area contributed by atoms with Crippen LogP contribution in [0.25, 0.3) is 0 Å². The second-order valence-corrected chi connectivity index (χ2v) is 6.04. The molecule has 0 amide bonds. The number of benzene rings is 1. The predicted octanol–water partition coefficient (Wildman–Crippen LogP) is 4.68. The molecule has 96 valence electrons. The first-order valence-electron chi connectivity index (χ1n) is 5.51. The Hall–Kier alpha value is -0.480. The van der Waals surface area contributed by atoms with Gasteiger partial charge in [-0.25, -0.2) is 8.78 Å². The van der Waals surface area contributed by atoms with Gasteiger partial charge in [0.05, 0.1) is 16.6 Å². The van der Waals surface area contributed by atoms with Gasteiger partial charge in [-0.15, -0.1) is 0 Å². The van der Waals surface area contributed by atoms with E-state index >= 15 is 0 Å². The van der Waals surface area contributed by atoms with E-state index in [-0.39, 0.29) is 22.1 Å². The Morgan fingerprint density at radius 3 is 2.47 bits per heavy atom. The van der Waals surface area contributed by atoms with Crippen LogP contribution in [0.4, 0.5) is 8.78 Å². The Morgan fingerprint density at radius 2 is 1.88 bits per heavy atom. The highest BCUT2D eigenvalue weighted by molar-refractivity contribution is 9.10. The number of hydrogen-bond acceptors (Lipinski definition) is 1. The summed E-state index contributed by atoms with van der Waals surface area (Å²) in [6.07, 6.45) is 0.851. The van der Waals surface area contributed by atoms with Gasteiger partial charge in [-0.1, -0.05) is 20.8 Å². The van der Waals surface area contributed by atoms with Crippen LogP contribution >= 0.6 is 15.9 Å². The van der Waals surface area contributed by atoms with E-state index < -0.39 is 11.6 Å². The molecule has 0 aromatic heterocycles. The molecule has 0 aliphatic carbocycles. The smallest absolute Gasteiger partial charge is 0.145 e. The van der Waals surface area contributed by atoms with Crippen LogP contribution in [0.1, 0.15) is 32.8 Å². The van der Waals surface area contributed by atoms with E-state index in [1.165, 1.54) is 12.1 Å². The van der Waals surface area contributed by atoms with E-state index in [9.17, 15) is 8.78 Å². The fourth-order valence-electron chi connectivity index (χ4n) is 1.25. The molecule has 0 radical (unpaired) electrons. The van der Waals surface area contributed by atoms with Crippen LogP contribution in [-0.2, 0) is 11.3 Å². The molecule has 0 atom stereocenters. The predicted molar refractivity (Wildman–Crippen MR) is 67.8 cm³/mol. The van der Waals surface area contributed by atoms with Gasteiger partial charge < -0.3 is 4.74 Å². The van der Waals surface area contributed by atoms with Gasteiger partial charge in [-0.05, 0) is 39.9 Å². The topological polar surface area (TPSA) is 9.23 Å². The molecular formula is C13H17BrF2O. The largest absolute Gasteiger partial charge is 0.377 e. The van der Waals surface area contributed by atoms with Crippen molar-refractivity contribution in [1.29, 1.82) is 0 Å². The van der Waals surface area contributed by atoms with Crippen molar-refractivity contribution in [1.82, 2.24) is 0 Å². The molecule has 1 aromatic rings. The standard InChI is InChI=1S/C13H17BrF2O/c1-13(2,3)6-7-17-8-9-11(15)5-4-10(14)12(9)16/h4-5H,6-8H2,1-3H3. The summed E-state index contributed by atoms with van der Waals surface area (Å²) in [5.41, 5.74) is 0.141. The normalized spacial score (nSPS) is 11.9. The SMILES string of the molecule is CC(C)(C)CCOCc1c(F)ccc(Br)c1F.